The largest absolute Gasteiger partial charge is 0.378 e. The predicted octanol–water partition coefficient (Wildman–Crippen LogP) is 4.21. The second kappa shape index (κ2) is 10.0. The molecule has 1 aliphatic heterocycles. The Bertz CT molecular complexity index is 1120. The summed E-state index contributed by atoms with van der Waals surface area (Å²) in [5.41, 5.74) is 3.07. The summed E-state index contributed by atoms with van der Waals surface area (Å²) in [5, 5.41) is 14.8. The van der Waals surface area contributed by atoms with Crippen LogP contribution in [-0.4, -0.2) is 52.9 Å². The maximum atomic E-state index is 12.4. The number of nitrogens with one attached hydrogen (secondary N) is 2. The number of rotatable bonds is 7. The second-order valence-corrected chi connectivity index (χ2v) is 8.38. The molecule has 9 nitrogen and oxygen atoms in total. The average molecular weight is 474 g/mol. The molecule has 0 bridgehead atoms. The van der Waals surface area contributed by atoms with E-state index < -0.39 is 4.92 Å². The van der Waals surface area contributed by atoms with Gasteiger partial charge in [-0.2, -0.15) is 0 Å². The van der Waals surface area contributed by atoms with Crippen molar-refractivity contribution < 1.29 is 14.5 Å². The third-order valence-corrected chi connectivity index (χ3v) is 6.05. The summed E-state index contributed by atoms with van der Waals surface area (Å²) in [7, 11) is 0. The predicted molar refractivity (Wildman–Crippen MR) is 125 cm³/mol. The molecule has 166 valence electrons. The number of non-ortho nitro benzene ring substituents is 1. The van der Waals surface area contributed by atoms with Crippen LogP contribution in [0.25, 0.3) is 11.3 Å². The van der Waals surface area contributed by atoms with E-state index in [4.69, 9.17) is 16.3 Å². The Morgan fingerprint density at radius 2 is 2.00 bits per heavy atom. The Morgan fingerprint density at radius 1 is 1.25 bits per heavy atom. The van der Waals surface area contributed by atoms with Crippen molar-refractivity contribution in [3.8, 4) is 11.3 Å². The lowest BCUT2D eigenvalue weighted by Gasteiger charge is -2.29. The number of morpholine rings is 1. The van der Waals surface area contributed by atoms with E-state index in [0.29, 0.717) is 34.8 Å². The molecule has 32 heavy (non-hydrogen) atoms. The fraction of sp³-hybridized carbons (Fsp3) is 0.238. The van der Waals surface area contributed by atoms with Gasteiger partial charge in [-0.05, 0) is 30.3 Å². The van der Waals surface area contributed by atoms with Crippen LogP contribution >= 0.6 is 23.4 Å². The van der Waals surface area contributed by atoms with Crippen molar-refractivity contribution in [3.05, 3.63) is 63.8 Å². The first-order chi connectivity index (χ1) is 15.5. The number of nitro benzene ring substituents is 1. The quantitative estimate of drug-likeness (QED) is 0.300. The molecule has 0 radical (unpaired) electrons. The molecular weight excluding hydrogens is 454 g/mol. The fourth-order valence-corrected chi connectivity index (χ4v) is 4.21. The lowest BCUT2D eigenvalue weighted by molar-refractivity contribution is -0.384. The minimum absolute atomic E-state index is 0.0256. The number of hydrogen-bond acceptors (Lipinski definition) is 7. The van der Waals surface area contributed by atoms with Crippen LogP contribution in [0.2, 0.25) is 5.02 Å². The molecule has 0 spiro atoms. The molecule has 2 aromatic carbocycles. The van der Waals surface area contributed by atoms with Crippen LogP contribution in [0.5, 0.6) is 0 Å². The number of benzene rings is 2. The van der Waals surface area contributed by atoms with E-state index in [1.54, 1.807) is 24.4 Å². The first-order valence-electron chi connectivity index (χ1n) is 9.84. The maximum absolute atomic E-state index is 12.4. The second-order valence-electron chi connectivity index (χ2n) is 7.01. The number of nitro groups is 1. The lowest BCUT2D eigenvalue weighted by Crippen LogP contribution is -2.36. The van der Waals surface area contributed by atoms with Gasteiger partial charge in [0.25, 0.3) is 5.69 Å². The lowest BCUT2D eigenvalue weighted by atomic mass is 10.1. The number of amides is 1. The Labute approximate surface area is 193 Å². The fourth-order valence-electron chi connectivity index (χ4n) is 3.26. The number of halogens is 1. The highest BCUT2D eigenvalue weighted by molar-refractivity contribution is 7.99. The molecule has 1 fully saturated rings. The van der Waals surface area contributed by atoms with E-state index in [0.717, 1.165) is 24.3 Å². The number of hydrogen-bond donors (Lipinski definition) is 2. The van der Waals surface area contributed by atoms with Gasteiger partial charge < -0.3 is 19.9 Å². The number of nitrogens with zero attached hydrogens (tertiary/aromatic N) is 3. The van der Waals surface area contributed by atoms with Gasteiger partial charge in [-0.1, -0.05) is 23.4 Å². The molecular formula is C21H20ClN5O4S. The van der Waals surface area contributed by atoms with Gasteiger partial charge in [0.1, 0.15) is 0 Å². The van der Waals surface area contributed by atoms with Crippen LogP contribution in [0, 0.1) is 10.1 Å². The molecule has 1 aliphatic rings. The zero-order valence-corrected chi connectivity index (χ0v) is 18.5. The topological polar surface area (TPSA) is 113 Å². The van der Waals surface area contributed by atoms with Gasteiger partial charge in [0.2, 0.25) is 5.91 Å². The molecule has 1 aromatic heterocycles. The summed E-state index contributed by atoms with van der Waals surface area (Å²) in [4.78, 5) is 32.2. The Balaban J connectivity index is 1.31. The molecule has 0 saturated carbocycles. The number of anilines is 2. The maximum Gasteiger partial charge on any atom is 0.269 e. The van der Waals surface area contributed by atoms with E-state index in [-0.39, 0.29) is 17.3 Å². The SMILES string of the molecule is O=C(CSc1ncc(-c2ccc([N+](=O)[O-])cc2)[nH]1)Nc1ccc(N2CCOCC2)c(Cl)c1. The van der Waals surface area contributed by atoms with Crippen molar-refractivity contribution in [2.75, 3.05) is 42.3 Å². The minimum atomic E-state index is -0.444. The number of carbonyl (C=O) groups excluding carboxylic acids is 1. The van der Waals surface area contributed by atoms with E-state index in [9.17, 15) is 14.9 Å². The van der Waals surface area contributed by atoms with Crippen LogP contribution in [-0.2, 0) is 9.53 Å². The van der Waals surface area contributed by atoms with Gasteiger partial charge in [-0.15, -0.1) is 0 Å². The van der Waals surface area contributed by atoms with Crippen LogP contribution in [0.3, 0.4) is 0 Å². The van der Waals surface area contributed by atoms with Crippen molar-refractivity contribution in [2.45, 2.75) is 5.16 Å². The van der Waals surface area contributed by atoms with Gasteiger partial charge in [0.15, 0.2) is 5.16 Å². The van der Waals surface area contributed by atoms with E-state index in [1.807, 2.05) is 12.1 Å². The van der Waals surface area contributed by atoms with Crippen molar-refractivity contribution in [3.63, 3.8) is 0 Å². The number of aromatic nitrogens is 2. The van der Waals surface area contributed by atoms with Gasteiger partial charge in [0.05, 0.1) is 46.5 Å². The standard InChI is InChI=1S/C21H20ClN5O4S/c22-17-11-15(3-6-19(17)26-7-9-31-10-8-26)24-20(28)13-32-21-23-12-18(25-21)14-1-4-16(5-2-14)27(29)30/h1-6,11-12H,7-10,13H2,(H,23,25)(H,24,28). The zero-order valence-electron chi connectivity index (χ0n) is 16.9. The number of imidazole rings is 1. The van der Waals surface area contributed by atoms with Crippen LogP contribution in [0.4, 0.5) is 17.1 Å². The molecule has 2 N–H and O–H groups in total. The average Bonchev–Trinajstić information content (AvgIpc) is 3.28. The monoisotopic (exact) mass is 473 g/mol. The molecule has 3 aromatic rings. The Hall–Kier alpha value is -3.08. The normalized spacial score (nSPS) is 13.7. The van der Waals surface area contributed by atoms with Crippen molar-refractivity contribution in [1.29, 1.82) is 0 Å². The van der Waals surface area contributed by atoms with E-state index in [2.05, 4.69) is 20.2 Å². The molecule has 0 atom stereocenters. The van der Waals surface area contributed by atoms with Gasteiger partial charge in [-0.3, -0.25) is 14.9 Å². The third-order valence-electron chi connectivity index (χ3n) is 4.86. The van der Waals surface area contributed by atoms with E-state index >= 15 is 0 Å². The van der Waals surface area contributed by atoms with Crippen molar-refractivity contribution in [1.82, 2.24) is 9.97 Å². The molecule has 4 rings (SSSR count). The molecule has 1 amide bonds. The summed E-state index contributed by atoms with van der Waals surface area (Å²) in [6, 6.07) is 11.7. The Morgan fingerprint density at radius 3 is 2.69 bits per heavy atom. The highest BCUT2D eigenvalue weighted by Crippen LogP contribution is 2.30. The summed E-state index contributed by atoms with van der Waals surface area (Å²) in [6.07, 6.45) is 1.63. The van der Waals surface area contributed by atoms with Crippen molar-refractivity contribution in [2.24, 2.45) is 0 Å². The summed E-state index contributed by atoms with van der Waals surface area (Å²) in [5.74, 6) is -0.0192. The van der Waals surface area contributed by atoms with Crippen LogP contribution in [0.15, 0.2) is 53.8 Å². The summed E-state index contributed by atoms with van der Waals surface area (Å²) in [6.45, 7) is 2.91. The highest BCUT2D eigenvalue weighted by Gasteiger charge is 2.15. The van der Waals surface area contributed by atoms with E-state index in [1.165, 1.54) is 23.9 Å². The first-order valence-corrected chi connectivity index (χ1v) is 11.2. The smallest absolute Gasteiger partial charge is 0.269 e. The molecule has 0 aliphatic carbocycles. The molecule has 0 unspecified atom stereocenters. The number of aromatic amines is 1. The van der Waals surface area contributed by atoms with Gasteiger partial charge in [-0.25, -0.2) is 4.98 Å². The zero-order chi connectivity index (χ0) is 22.5. The number of ether oxygens (including phenoxy) is 1. The molecule has 2 heterocycles. The van der Waals surface area contributed by atoms with Crippen LogP contribution < -0.4 is 10.2 Å². The summed E-state index contributed by atoms with van der Waals surface area (Å²) < 4.78 is 5.36. The van der Waals surface area contributed by atoms with Crippen molar-refractivity contribution >= 4 is 46.3 Å². The first kappa shape index (κ1) is 22.1. The third kappa shape index (κ3) is 5.39. The molecule has 1 saturated heterocycles. The van der Waals surface area contributed by atoms with Gasteiger partial charge in [0, 0.05) is 36.5 Å². The number of thioether (sulfide) groups is 1. The number of carbonyl (C=O) groups is 1. The minimum Gasteiger partial charge on any atom is -0.378 e. The van der Waals surface area contributed by atoms with Gasteiger partial charge >= 0.3 is 0 Å². The number of H-pyrrole nitrogens is 1. The molecule has 11 heteroatoms. The Kier molecular flexibility index (Phi) is 6.93. The summed E-state index contributed by atoms with van der Waals surface area (Å²) >= 11 is 7.68. The van der Waals surface area contributed by atoms with Crippen LogP contribution in [0.1, 0.15) is 0 Å². The highest BCUT2D eigenvalue weighted by atomic mass is 35.5.